The quantitative estimate of drug-likeness (QED) is 0.201. The van der Waals surface area contributed by atoms with Gasteiger partial charge in [-0.3, -0.25) is 19.7 Å². The first-order chi connectivity index (χ1) is 19.8. The number of carbonyl (C=O) groups excluding carboxylic acids is 3. The van der Waals surface area contributed by atoms with Crippen LogP contribution < -0.4 is 10.2 Å². The molecule has 2 saturated heterocycles. The fraction of sp³-hybridized carbons (Fsp3) is 0.226. The van der Waals surface area contributed by atoms with E-state index in [1.54, 1.807) is 31.3 Å². The number of aromatic hydroxyl groups is 1. The fourth-order valence-corrected chi connectivity index (χ4v) is 6.25. The maximum atomic E-state index is 14.1. The van der Waals surface area contributed by atoms with Gasteiger partial charge in [0.2, 0.25) is 11.8 Å². The van der Waals surface area contributed by atoms with E-state index in [0.29, 0.717) is 11.1 Å². The predicted molar refractivity (Wildman–Crippen MR) is 148 cm³/mol. The van der Waals surface area contributed by atoms with E-state index in [0.717, 1.165) is 15.8 Å². The number of nitrogens with zero attached hydrogens (tertiary/aromatic N) is 1. The number of phenols is 1. The van der Waals surface area contributed by atoms with E-state index >= 15 is 0 Å². The van der Waals surface area contributed by atoms with Crippen molar-refractivity contribution in [1.29, 1.82) is 0 Å². The number of carboxylic acid groups (broad SMARTS) is 1. The summed E-state index contributed by atoms with van der Waals surface area (Å²) in [5.74, 6) is -5.59. The average molecular weight is 554 g/mol. The maximum Gasteiger partial charge on any atom is 0.338 e. The number of fused-ring (bicyclic) bond motifs is 2. The second-order valence-corrected chi connectivity index (χ2v) is 10.3. The van der Waals surface area contributed by atoms with Crippen LogP contribution in [0.1, 0.15) is 34.5 Å². The second kappa shape index (κ2) is 9.90. The molecule has 3 heterocycles. The first-order valence-electron chi connectivity index (χ1n) is 13.3. The molecule has 2 amide bonds. The molecule has 4 aromatic rings. The first-order valence-corrected chi connectivity index (χ1v) is 13.3. The summed E-state index contributed by atoms with van der Waals surface area (Å²) >= 11 is 0. The van der Waals surface area contributed by atoms with Crippen LogP contribution in [0.5, 0.6) is 5.75 Å². The SMILES string of the molecule is CCOC(=O)c1ccc(N2C(=O)C3C(c4ccccc4O)NC(Cc4c[nH]c5ccccc45)(C(=O)O)C3C2=O)cc1. The van der Waals surface area contributed by atoms with Crippen molar-refractivity contribution in [2.75, 3.05) is 11.5 Å². The molecule has 2 fully saturated rings. The van der Waals surface area contributed by atoms with E-state index in [1.165, 1.54) is 30.3 Å². The van der Waals surface area contributed by atoms with E-state index < -0.39 is 47.2 Å². The topological polar surface area (TPSA) is 149 Å². The lowest BCUT2D eigenvalue weighted by Gasteiger charge is -2.31. The molecular formula is C31H27N3O7. The van der Waals surface area contributed by atoms with Crippen LogP contribution in [-0.2, 0) is 25.5 Å². The van der Waals surface area contributed by atoms with E-state index in [1.807, 2.05) is 24.3 Å². The van der Waals surface area contributed by atoms with Gasteiger partial charge in [0.15, 0.2) is 0 Å². The van der Waals surface area contributed by atoms with E-state index in [9.17, 15) is 29.4 Å². The van der Waals surface area contributed by atoms with Crippen LogP contribution in [0.25, 0.3) is 10.9 Å². The summed E-state index contributed by atoms with van der Waals surface area (Å²) in [6.07, 6.45) is 1.62. The standard InChI is InChI=1S/C31H27N3O7/c1-2-41-29(38)17-11-13-19(14-12-17)34-27(36)24-25(28(34)37)31(30(39)40,33-26(24)21-8-4-6-10-23(21)35)15-18-16-32-22-9-5-3-7-20(18)22/h3-14,16,24-26,32-33,35H,2,15H2,1H3,(H,39,40). The van der Waals surface area contributed by atoms with E-state index in [2.05, 4.69) is 10.3 Å². The normalized spacial score (nSPS) is 23.6. The van der Waals surface area contributed by atoms with Crippen LogP contribution in [0.15, 0.2) is 79.0 Å². The molecule has 10 nitrogen and oxygen atoms in total. The summed E-state index contributed by atoms with van der Waals surface area (Å²) in [4.78, 5) is 57.6. The van der Waals surface area contributed by atoms with Crippen molar-refractivity contribution in [1.82, 2.24) is 10.3 Å². The lowest BCUT2D eigenvalue weighted by Crippen LogP contribution is -2.57. The number of carbonyl (C=O) groups is 4. The van der Waals surface area contributed by atoms with Gasteiger partial charge >= 0.3 is 11.9 Å². The van der Waals surface area contributed by atoms with Gasteiger partial charge in [0.1, 0.15) is 11.3 Å². The highest BCUT2D eigenvalue weighted by Crippen LogP contribution is 2.52. The number of rotatable bonds is 7. The Kier molecular flexibility index (Phi) is 6.34. The summed E-state index contributed by atoms with van der Waals surface area (Å²) in [5.41, 5.74) is 0.407. The largest absolute Gasteiger partial charge is 0.508 e. The Morgan fingerprint density at radius 1 is 0.976 bits per heavy atom. The Bertz CT molecular complexity index is 1700. The number of hydrogen-bond acceptors (Lipinski definition) is 7. The highest BCUT2D eigenvalue weighted by molar-refractivity contribution is 6.24. The third-order valence-corrected chi connectivity index (χ3v) is 8.09. The number of carboxylic acids is 1. The number of benzene rings is 3. The van der Waals surface area contributed by atoms with Crippen molar-refractivity contribution in [3.63, 3.8) is 0 Å². The van der Waals surface area contributed by atoms with Gasteiger partial charge in [0, 0.05) is 35.1 Å². The van der Waals surface area contributed by atoms with E-state index in [4.69, 9.17) is 4.74 Å². The van der Waals surface area contributed by atoms with Gasteiger partial charge in [-0.25, -0.2) is 9.69 Å². The van der Waals surface area contributed by atoms with Gasteiger partial charge in [0.25, 0.3) is 0 Å². The Hall–Kier alpha value is -4.96. The van der Waals surface area contributed by atoms with Gasteiger partial charge in [-0.05, 0) is 48.9 Å². The number of aliphatic carboxylic acids is 1. The Morgan fingerprint density at radius 3 is 2.39 bits per heavy atom. The number of amides is 2. The molecule has 41 heavy (non-hydrogen) atoms. The monoisotopic (exact) mass is 553 g/mol. The molecule has 3 aromatic carbocycles. The zero-order valence-corrected chi connectivity index (χ0v) is 22.0. The number of hydrogen-bond donors (Lipinski definition) is 4. The summed E-state index contributed by atoms with van der Waals surface area (Å²) in [6.45, 7) is 1.88. The molecule has 6 rings (SSSR count). The summed E-state index contributed by atoms with van der Waals surface area (Å²) in [6, 6.07) is 18.7. The van der Waals surface area contributed by atoms with Crippen molar-refractivity contribution in [3.8, 4) is 5.75 Å². The Balaban J connectivity index is 1.46. The minimum absolute atomic E-state index is 0.0910. The smallest absolute Gasteiger partial charge is 0.338 e. The second-order valence-electron chi connectivity index (χ2n) is 10.3. The maximum absolute atomic E-state index is 14.1. The van der Waals surface area contributed by atoms with Crippen LogP contribution in [0.2, 0.25) is 0 Å². The number of aromatic amines is 1. The van der Waals surface area contributed by atoms with Gasteiger partial charge in [-0.15, -0.1) is 0 Å². The molecule has 1 aromatic heterocycles. The minimum Gasteiger partial charge on any atom is -0.508 e. The first kappa shape index (κ1) is 26.3. The molecule has 0 spiro atoms. The number of nitrogens with one attached hydrogen (secondary N) is 2. The van der Waals surface area contributed by atoms with Crippen LogP contribution in [0.4, 0.5) is 5.69 Å². The molecular weight excluding hydrogens is 526 g/mol. The van der Waals surface area contributed by atoms with Gasteiger partial charge < -0.3 is 19.9 Å². The highest BCUT2D eigenvalue weighted by Gasteiger charge is 2.69. The van der Waals surface area contributed by atoms with Crippen molar-refractivity contribution >= 4 is 40.3 Å². The van der Waals surface area contributed by atoms with Crippen LogP contribution in [0, 0.1) is 11.8 Å². The molecule has 4 unspecified atom stereocenters. The Morgan fingerprint density at radius 2 is 1.68 bits per heavy atom. The number of anilines is 1. The fourth-order valence-electron chi connectivity index (χ4n) is 6.25. The van der Waals surface area contributed by atoms with Crippen molar-refractivity contribution < 1.29 is 34.1 Å². The summed E-state index contributed by atoms with van der Waals surface area (Å²) < 4.78 is 5.02. The zero-order valence-electron chi connectivity index (χ0n) is 22.0. The number of phenolic OH excluding ortho intramolecular Hbond substituents is 1. The summed E-state index contributed by atoms with van der Waals surface area (Å²) in [7, 11) is 0. The molecule has 208 valence electrons. The molecule has 4 atom stereocenters. The molecule has 10 heteroatoms. The van der Waals surface area contributed by atoms with Crippen molar-refractivity contribution in [2.24, 2.45) is 11.8 Å². The molecule has 0 saturated carbocycles. The van der Waals surface area contributed by atoms with Gasteiger partial charge in [-0.1, -0.05) is 36.4 Å². The summed E-state index contributed by atoms with van der Waals surface area (Å²) in [5, 5.41) is 25.4. The molecule has 0 radical (unpaired) electrons. The van der Waals surface area contributed by atoms with Gasteiger partial charge in [0.05, 0.1) is 29.7 Å². The third-order valence-electron chi connectivity index (χ3n) is 8.09. The van der Waals surface area contributed by atoms with E-state index in [-0.39, 0.29) is 30.0 Å². The number of H-pyrrole nitrogens is 1. The number of esters is 1. The van der Waals surface area contributed by atoms with Gasteiger partial charge in [-0.2, -0.15) is 0 Å². The highest BCUT2D eigenvalue weighted by atomic mass is 16.5. The minimum atomic E-state index is -1.87. The molecule has 4 N–H and O–H groups in total. The van der Waals surface area contributed by atoms with Crippen LogP contribution in [0.3, 0.4) is 0 Å². The predicted octanol–water partition coefficient (Wildman–Crippen LogP) is 3.57. The van der Waals surface area contributed by atoms with Crippen molar-refractivity contribution in [2.45, 2.75) is 24.9 Å². The lowest BCUT2D eigenvalue weighted by molar-refractivity contribution is -0.148. The molecule has 2 aliphatic heterocycles. The zero-order chi connectivity index (χ0) is 28.9. The number of ether oxygens (including phenoxy) is 1. The molecule has 0 aliphatic carbocycles. The Labute approximate surface area is 234 Å². The molecule has 0 bridgehead atoms. The average Bonchev–Trinajstić information content (AvgIpc) is 3.61. The molecule has 2 aliphatic rings. The van der Waals surface area contributed by atoms with Crippen LogP contribution >= 0.6 is 0 Å². The third kappa shape index (κ3) is 4.06. The number of para-hydroxylation sites is 2. The van der Waals surface area contributed by atoms with Crippen LogP contribution in [-0.4, -0.2) is 51.1 Å². The lowest BCUT2D eigenvalue weighted by atomic mass is 9.76. The van der Waals surface area contributed by atoms with Crippen molar-refractivity contribution in [3.05, 3.63) is 95.7 Å². The number of aromatic nitrogens is 1. The number of imide groups is 1.